The lowest BCUT2D eigenvalue weighted by Gasteiger charge is -2.18. The molecule has 1 heteroatoms. The predicted molar refractivity (Wildman–Crippen MR) is 70.3 cm³/mol. The molecule has 0 aliphatic rings. The number of rotatable bonds is 10. The Morgan fingerprint density at radius 3 is 2.27 bits per heavy atom. The van der Waals surface area contributed by atoms with E-state index in [1.54, 1.807) is 0 Å². The van der Waals surface area contributed by atoms with Crippen molar-refractivity contribution in [2.75, 3.05) is 7.05 Å². The van der Waals surface area contributed by atoms with Crippen molar-refractivity contribution in [2.45, 2.75) is 71.3 Å². The maximum absolute atomic E-state index is 4.21. The van der Waals surface area contributed by atoms with Crippen molar-refractivity contribution in [1.82, 2.24) is 5.32 Å². The molecule has 0 bridgehead atoms. The molecule has 0 amide bonds. The Balaban J connectivity index is 3.63. The predicted octanol–water partition coefficient (Wildman–Crippen LogP) is 4.29. The van der Waals surface area contributed by atoms with Crippen LogP contribution in [0.5, 0.6) is 0 Å². The normalized spacial score (nSPS) is 12.7. The van der Waals surface area contributed by atoms with Crippen molar-refractivity contribution in [3.63, 3.8) is 0 Å². The molecule has 0 spiro atoms. The van der Waals surface area contributed by atoms with Gasteiger partial charge in [0.15, 0.2) is 0 Å². The second-order valence-corrected chi connectivity index (χ2v) is 4.45. The highest BCUT2D eigenvalue weighted by Gasteiger charge is 2.08. The average molecular weight is 211 g/mol. The first-order valence-corrected chi connectivity index (χ1v) is 6.61. The topological polar surface area (TPSA) is 12.0 Å². The lowest BCUT2D eigenvalue weighted by Crippen LogP contribution is -2.26. The fourth-order valence-corrected chi connectivity index (χ4v) is 1.91. The zero-order valence-corrected chi connectivity index (χ0v) is 10.9. The first kappa shape index (κ1) is 14.7. The monoisotopic (exact) mass is 211 g/mol. The first-order chi connectivity index (χ1) is 7.26. The van der Waals surface area contributed by atoms with E-state index in [4.69, 9.17) is 0 Å². The SMILES string of the molecule is C=C(CCCCCC)C(CCCC)NC. The molecule has 90 valence electrons. The van der Waals surface area contributed by atoms with Gasteiger partial charge in [-0.3, -0.25) is 0 Å². The van der Waals surface area contributed by atoms with Gasteiger partial charge >= 0.3 is 0 Å². The van der Waals surface area contributed by atoms with Gasteiger partial charge < -0.3 is 5.32 Å². The molecule has 0 saturated heterocycles. The summed E-state index contributed by atoms with van der Waals surface area (Å²) in [6.07, 6.45) is 10.4. The Kier molecular flexibility index (Phi) is 10.0. The van der Waals surface area contributed by atoms with Gasteiger partial charge in [-0.05, 0) is 26.3 Å². The lowest BCUT2D eigenvalue weighted by molar-refractivity contribution is 0.532. The highest BCUT2D eigenvalue weighted by Crippen LogP contribution is 2.15. The molecule has 0 radical (unpaired) electrons. The lowest BCUT2D eigenvalue weighted by atomic mass is 9.97. The highest BCUT2D eigenvalue weighted by molar-refractivity contribution is 5.04. The van der Waals surface area contributed by atoms with E-state index >= 15 is 0 Å². The van der Waals surface area contributed by atoms with E-state index in [9.17, 15) is 0 Å². The molecule has 0 saturated carbocycles. The van der Waals surface area contributed by atoms with E-state index in [0.29, 0.717) is 6.04 Å². The van der Waals surface area contributed by atoms with Crippen LogP contribution >= 0.6 is 0 Å². The molecule has 15 heavy (non-hydrogen) atoms. The molecule has 0 aromatic rings. The van der Waals surface area contributed by atoms with Crippen LogP contribution in [-0.4, -0.2) is 13.1 Å². The largest absolute Gasteiger partial charge is 0.313 e. The van der Waals surface area contributed by atoms with Crippen molar-refractivity contribution < 1.29 is 0 Å². The molecular formula is C14H29N. The summed E-state index contributed by atoms with van der Waals surface area (Å²) in [7, 11) is 2.05. The van der Waals surface area contributed by atoms with Crippen molar-refractivity contribution in [2.24, 2.45) is 0 Å². The molecule has 0 rings (SSSR count). The van der Waals surface area contributed by atoms with Crippen LogP contribution in [0.25, 0.3) is 0 Å². The average Bonchev–Trinajstić information content (AvgIpc) is 2.25. The zero-order chi connectivity index (χ0) is 11.5. The van der Waals surface area contributed by atoms with E-state index in [1.165, 1.54) is 56.9 Å². The third kappa shape index (κ3) is 7.61. The summed E-state index contributed by atoms with van der Waals surface area (Å²) >= 11 is 0. The van der Waals surface area contributed by atoms with E-state index in [-0.39, 0.29) is 0 Å². The standard InChI is InChI=1S/C14H29N/c1-5-7-9-10-11-13(3)14(15-4)12-8-6-2/h14-15H,3,5-12H2,1-2,4H3. The van der Waals surface area contributed by atoms with E-state index in [0.717, 1.165) is 0 Å². The zero-order valence-electron chi connectivity index (χ0n) is 10.9. The number of hydrogen-bond acceptors (Lipinski definition) is 1. The van der Waals surface area contributed by atoms with Crippen LogP contribution < -0.4 is 5.32 Å². The molecule has 1 nitrogen and oxygen atoms in total. The summed E-state index contributed by atoms with van der Waals surface area (Å²) in [5, 5.41) is 3.38. The molecule has 0 aromatic heterocycles. The number of likely N-dealkylation sites (N-methyl/N-ethyl adjacent to an activating group) is 1. The Bertz CT molecular complexity index is 151. The van der Waals surface area contributed by atoms with Crippen LogP contribution in [0.2, 0.25) is 0 Å². The van der Waals surface area contributed by atoms with Crippen LogP contribution in [0.4, 0.5) is 0 Å². The Labute approximate surface area is 96.3 Å². The second-order valence-electron chi connectivity index (χ2n) is 4.45. The maximum atomic E-state index is 4.21. The summed E-state index contributed by atoms with van der Waals surface area (Å²) < 4.78 is 0. The first-order valence-electron chi connectivity index (χ1n) is 6.61. The van der Waals surface area contributed by atoms with Gasteiger partial charge in [-0.25, -0.2) is 0 Å². The minimum absolute atomic E-state index is 0.548. The third-order valence-corrected chi connectivity index (χ3v) is 3.04. The maximum Gasteiger partial charge on any atom is 0.0273 e. The minimum atomic E-state index is 0.548. The summed E-state index contributed by atoms with van der Waals surface area (Å²) in [4.78, 5) is 0. The van der Waals surface area contributed by atoms with E-state index in [1.807, 2.05) is 0 Å². The number of hydrogen-bond donors (Lipinski definition) is 1. The molecular weight excluding hydrogens is 182 g/mol. The van der Waals surface area contributed by atoms with Crippen molar-refractivity contribution in [3.05, 3.63) is 12.2 Å². The summed E-state index contributed by atoms with van der Waals surface area (Å²) in [5.41, 5.74) is 1.40. The molecule has 0 aliphatic carbocycles. The molecule has 1 N–H and O–H groups in total. The van der Waals surface area contributed by atoms with Crippen LogP contribution in [-0.2, 0) is 0 Å². The van der Waals surface area contributed by atoms with Gasteiger partial charge in [0.25, 0.3) is 0 Å². The fourth-order valence-electron chi connectivity index (χ4n) is 1.91. The molecule has 0 fully saturated rings. The van der Waals surface area contributed by atoms with Gasteiger partial charge in [0, 0.05) is 6.04 Å². The highest BCUT2D eigenvalue weighted by atomic mass is 14.9. The van der Waals surface area contributed by atoms with Gasteiger partial charge in [-0.1, -0.05) is 58.1 Å². The minimum Gasteiger partial charge on any atom is -0.313 e. The van der Waals surface area contributed by atoms with Crippen LogP contribution in [0.1, 0.15) is 65.2 Å². The van der Waals surface area contributed by atoms with Gasteiger partial charge in [-0.2, -0.15) is 0 Å². The molecule has 0 heterocycles. The number of nitrogens with one attached hydrogen (secondary N) is 1. The van der Waals surface area contributed by atoms with Crippen molar-refractivity contribution in [1.29, 1.82) is 0 Å². The third-order valence-electron chi connectivity index (χ3n) is 3.04. The molecule has 1 atom stereocenters. The summed E-state index contributed by atoms with van der Waals surface area (Å²) in [6, 6.07) is 0.548. The van der Waals surface area contributed by atoms with Crippen LogP contribution in [0.15, 0.2) is 12.2 Å². The van der Waals surface area contributed by atoms with Crippen molar-refractivity contribution >= 4 is 0 Å². The quantitative estimate of drug-likeness (QED) is 0.420. The smallest absolute Gasteiger partial charge is 0.0273 e. The second kappa shape index (κ2) is 10.2. The molecule has 0 aliphatic heterocycles. The van der Waals surface area contributed by atoms with Gasteiger partial charge in [-0.15, -0.1) is 0 Å². The van der Waals surface area contributed by atoms with Gasteiger partial charge in [0.05, 0.1) is 0 Å². The molecule has 1 unspecified atom stereocenters. The summed E-state index contributed by atoms with van der Waals surface area (Å²) in [6.45, 7) is 8.72. The number of unbranched alkanes of at least 4 members (excludes halogenated alkanes) is 4. The van der Waals surface area contributed by atoms with Gasteiger partial charge in [0.1, 0.15) is 0 Å². The molecule has 0 aromatic carbocycles. The van der Waals surface area contributed by atoms with Gasteiger partial charge in [0.2, 0.25) is 0 Å². The summed E-state index contributed by atoms with van der Waals surface area (Å²) in [5.74, 6) is 0. The fraction of sp³-hybridized carbons (Fsp3) is 0.857. The van der Waals surface area contributed by atoms with E-state index < -0.39 is 0 Å². The van der Waals surface area contributed by atoms with Crippen LogP contribution in [0.3, 0.4) is 0 Å². The Morgan fingerprint density at radius 1 is 1.07 bits per heavy atom. The van der Waals surface area contributed by atoms with E-state index in [2.05, 4.69) is 32.8 Å². The Hall–Kier alpha value is -0.300. The Morgan fingerprint density at radius 2 is 1.73 bits per heavy atom. The van der Waals surface area contributed by atoms with Crippen molar-refractivity contribution in [3.8, 4) is 0 Å². The van der Waals surface area contributed by atoms with Crippen LogP contribution in [0, 0.1) is 0 Å².